The summed E-state index contributed by atoms with van der Waals surface area (Å²) in [5.74, 6) is -1.85. The van der Waals surface area contributed by atoms with Crippen molar-refractivity contribution in [3.05, 3.63) is 63.6 Å². The number of carbonyl (C=O) groups is 1. The molecule has 0 bridgehead atoms. The maximum atomic E-state index is 13.8. The van der Waals surface area contributed by atoms with Crippen molar-refractivity contribution in [2.45, 2.75) is 19.4 Å². The van der Waals surface area contributed by atoms with Crippen LogP contribution in [-0.2, 0) is 6.42 Å². The maximum Gasteiger partial charge on any atom is 0.261 e. The highest BCUT2D eigenvalue weighted by molar-refractivity contribution is 9.10. The van der Waals surface area contributed by atoms with E-state index in [-0.39, 0.29) is 11.6 Å². The highest BCUT2D eigenvalue weighted by Gasteiger charge is 2.32. The van der Waals surface area contributed by atoms with Crippen LogP contribution in [0.3, 0.4) is 0 Å². The van der Waals surface area contributed by atoms with Gasteiger partial charge in [0.2, 0.25) is 0 Å². The Bertz CT molecular complexity index is 732. The summed E-state index contributed by atoms with van der Waals surface area (Å²) < 4.78 is 28.0. The molecule has 1 aliphatic rings. The van der Waals surface area contributed by atoms with Crippen molar-refractivity contribution in [1.29, 1.82) is 0 Å². The fourth-order valence-electron chi connectivity index (χ4n) is 2.70. The minimum absolute atomic E-state index is 0.0931. The molecule has 2 nitrogen and oxygen atoms in total. The molecule has 0 unspecified atom stereocenters. The van der Waals surface area contributed by atoms with Gasteiger partial charge >= 0.3 is 0 Å². The number of fused-ring (bicyclic) bond motifs is 1. The van der Waals surface area contributed by atoms with Crippen molar-refractivity contribution in [3.63, 3.8) is 0 Å². The van der Waals surface area contributed by atoms with Gasteiger partial charge in [0, 0.05) is 16.2 Å². The van der Waals surface area contributed by atoms with Gasteiger partial charge in [-0.05, 0) is 55.3 Å². The summed E-state index contributed by atoms with van der Waals surface area (Å²) in [7, 11) is 0. The molecule has 0 radical (unpaired) electrons. The number of hydrogen-bond acceptors (Lipinski definition) is 1. The van der Waals surface area contributed by atoms with Crippen LogP contribution in [0.1, 0.15) is 22.8 Å². The minimum atomic E-state index is -0.709. The van der Waals surface area contributed by atoms with Crippen molar-refractivity contribution in [2.24, 2.45) is 0 Å². The van der Waals surface area contributed by atoms with Crippen LogP contribution < -0.4 is 4.90 Å². The first-order valence-electron chi connectivity index (χ1n) is 6.54. The lowest BCUT2D eigenvalue weighted by Gasteiger charge is -2.23. The molecule has 0 saturated heterocycles. The number of benzene rings is 2. The van der Waals surface area contributed by atoms with Gasteiger partial charge in [0.25, 0.3) is 5.91 Å². The molecule has 0 saturated carbocycles. The Hall–Kier alpha value is -1.75. The van der Waals surface area contributed by atoms with Crippen molar-refractivity contribution in [1.82, 2.24) is 0 Å². The summed E-state index contributed by atoms with van der Waals surface area (Å²) in [5, 5.41) is 0. The van der Waals surface area contributed by atoms with E-state index < -0.39 is 17.5 Å². The molecular weight excluding hydrogens is 340 g/mol. The third-order valence-electron chi connectivity index (χ3n) is 3.63. The molecule has 0 aliphatic carbocycles. The molecule has 0 fully saturated rings. The lowest BCUT2D eigenvalue weighted by atomic mass is 10.1. The average Bonchev–Trinajstić information content (AvgIpc) is 2.75. The van der Waals surface area contributed by atoms with Gasteiger partial charge in [-0.1, -0.05) is 15.9 Å². The Kier molecular flexibility index (Phi) is 3.53. The molecule has 3 rings (SSSR count). The summed E-state index contributed by atoms with van der Waals surface area (Å²) >= 11 is 3.39. The molecular formula is C16H12BrF2NO. The van der Waals surface area contributed by atoms with Crippen LogP contribution in [0, 0.1) is 11.6 Å². The third kappa shape index (κ3) is 2.46. The van der Waals surface area contributed by atoms with Crippen LogP contribution in [0.4, 0.5) is 14.5 Å². The second-order valence-corrected chi connectivity index (χ2v) is 6.04. The Labute approximate surface area is 129 Å². The first-order valence-corrected chi connectivity index (χ1v) is 7.33. The van der Waals surface area contributed by atoms with Gasteiger partial charge in [0.1, 0.15) is 11.6 Å². The van der Waals surface area contributed by atoms with Crippen LogP contribution in [0.2, 0.25) is 0 Å². The van der Waals surface area contributed by atoms with E-state index in [1.54, 1.807) is 0 Å². The van der Waals surface area contributed by atoms with Gasteiger partial charge in [0.05, 0.1) is 5.56 Å². The molecule has 21 heavy (non-hydrogen) atoms. The highest BCUT2D eigenvalue weighted by Crippen LogP contribution is 2.35. The molecule has 1 heterocycles. The topological polar surface area (TPSA) is 20.3 Å². The highest BCUT2D eigenvalue weighted by atomic mass is 79.9. The lowest BCUT2D eigenvalue weighted by molar-refractivity contribution is 0.0977. The Morgan fingerprint density at radius 2 is 2.00 bits per heavy atom. The predicted molar refractivity (Wildman–Crippen MR) is 80.5 cm³/mol. The van der Waals surface area contributed by atoms with E-state index in [0.29, 0.717) is 6.42 Å². The van der Waals surface area contributed by atoms with Crippen molar-refractivity contribution >= 4 is 27.5 Å². The van der Waals surface area contributed by atoms with E-state index in [4.69, 9.17) is 0 Å². The van der Waals surface area contributed by atoms with Gasteiger partial charge in [-0.2, -0.15) is 0 Å². The first-order chi connectivity index (χ1) is 9.97. The van der Waals surface area contributed by atoms with Crippen LogP contribution >= 0.6 is 15.9 Å². The number of amides is 1. The maximum absolute atomic E-state index is 13.8. The molecule has 1 aliphatic heterocycles. The first kappa shape index (κ1) is 14.2. The normalized spacial score (nSPS) is 17.0. The van der Waals surface area contributed by atoms with E-state index >= 15 is 0 Å². The number of halogens is 3. The van der Waals surface area contributed by atoms with E-state index in [9.17, 15) is 13.6 Å². The smallest absolute Gasteiger partial charge is 0.261 e. The van der Waals surface area contributed by atoms with E-state index in [2.05, 4.69) is 15.9 Å². The zero-order valence-electron chi connectivity index (χ0n) is 11.2. The zero-order chi connectivity index (χ0) is 15.1. The zero-order valence-corrected chi connectivity index (χ0v) is 12.8. The van der Waals surface area contributed by atoms with E-state index in [0.717, 1.165) is 33.9 Å². The van der Waals surface area contributed by atoms with Gasteiger partial charge in [-0.25, -0.2) is 8.78 Å². The fourth-order valence-corrected chi connectivity index (χ4v) is 3.11. The standard InChI is InChI=1S/C16H12BrF2NO/c1-9-6-10-7-11(17)2-5-15(10)20(9)16(21)13-8-12(18)3-4-14(13)19/h2-5,7-9H,6H2,1H3/t9-/m0/s1. The average molecular weight is 352 g/mol. The second kappa shape index (κ2) is 5.22. The monoisotopic (exact) mass is 351 g/mol. The number of nitrogens with zero attached hydrogens (tertiary/aromatic N) is 1. The summed E-state index contributed by atoms with van der Waals surface area (Å²) in [6.07, 6.45) is 0.692. The molecule has 2 aromatic carbocycles. The van der Waals surface area contributed by atoms with Crippen molar-refractivity contribution in [2.75, 3.05) is 4.90 Å². The number of carbonyl (C=O) groups excluding carboxylic acids is 1. The molecule has 1 amide bonds. The van der Waals surface area contributed by atoms with Crippen LogP contribution in [-0.4, -0.2) is 11.9 Å². The Morgan fingerprint density at radius 3 is 2.76 bits per heavy atom. The SMILES string of the molecule is C[C@H]1Cc2cc(Br)ccc2N1C(=O)c1cc(F)ccc1F. The Balaban J connectivity index is 2.05. The summed E-state index contributed by atoms with van der Waals surface area (Å²) in [5.41, 5.74) is 1.53. The summed E-state index contributed by atoms with van der Waals surface area (Å²) in [4.78, 5) is 14.1. The van der Waals surface area contributed by atoms with E-state index in [1.807, 2.05) is 25.1 Å². The molecule has 0 spiro atoms. The van der Waals surface area contributed by atoms with Crippen molar-refractivity contribution < 1.29 is 13.6 Å². The van der Waals surface area contributed by atoms with Crippen LogP contribution in [0.15, 0.2) is 40.9 Å². The quantitative estimate of drug-likeness (QED) is 0.749. The predicted octanol–water partition coefficient (Wildman–Crippen LogP) is 4.32. The molecule has 0 aromatic heterocycles. The van der Waals surface area contributed by atoms with Crippen LogP contribution in [0.5, 0.6) is 0 Å². The van der Waals surface area contributed by atoms with Gasteiger partial charge in [-0.3, -0.25) is 4.79 Å². The van der Waals surface area contributed by atoms with Gasteiger partial charge < -0.3 is 4.90 Å². The molecule has 2 aromatic rings. The largest absolute Gasteiger partial charge is 0.305 e. The number of rotatable bonds is 1. The van der Waals surface area contributed by atoms with Gasteiger partial charge in [-0.15, -0.1) is 0 Å². The number of anilines is 1. The van der Waals surface area contributed by atoms with Crippen LogP contribution in [0.25, 0.3) is 0 Å². The molecule has 108 valence electrons. The molecule has 0 N–H and O–H groups in total. The fraction of sp³-hybridized carbons (Fsp3) is 0.188. The molecule has 5 heteroatoms. The second-order valence-electron chi connectivity index (χ2n) is 5.13. The molecule has 1 atom stereocenters. The summed E-state index contributed by atoms with van der Waals surface area (Å²) in [6, 6.07) is 8.43. The van der Waals surface area contributed by atoms with Gasteiger partial charge in [0.15, 0.2) is 0 Å². The number of hydrogen-bond donors (Lipinski definition) is 0. The lowest BCUT2D eigenvalue weighted by Crippen LogP contribution is -2.36. The van der Waals surface area contributed by atoms with Crippen molar-refractivity contribution in [3.8, 4) is 0 Å². The third-order valence-corrected chi connectivity index (χ3v) is 4.13. The minimum Gasteiger partial charge on any atom is -0.305 e. The van der Waals surface area contributed by atoms with E-state index in [1.165, 1.54) is 4.90 Å². The Morgan fingerprint density at radius 1 is 1.24 bits per heavy atom. The summed E-state index contributed by atoms with van der Waals surface area (Å²) in [6.45, 7) is 1.89.